The number of nitrogens with zero attached hydrogens (tertiary/aromatic N) is 2. The van der Waals surface area contributed by atoms with E-state index in [2.05, 4.69) is 15.2 Å². The molecule has 1 amide bonds. The SMILES string of the molecule is Cc1nc2c(cc(OCC(=O)NCC(c3cccc(F)c3)N3CCOCC3)c3ccsc32)s1. The van der Waals surface area contributed by atoms with E-state index in [0.29, 0.717) is 25.5 Å². The number of hydrogen-bond acceptors (Lipinski definition) is 7. The van der Waals surface area contributed by atoms with Gasteiger partial charge in [0.05, 0.1) is 39.2 Å². The van der Waals surface area contributed by atoms with Crippen molar-refractivity contribution < 1.29 is 18.7 Å². The lowest BCUT2D eigenvalue weighted by atomic mass is 10.0. The molecule has 33 heavy (non-hydrogen) atoms. The summed E-state index contributed by atoms with van der Waals surface area (Å²) in [4.78, 5) is 19.5. The van der Waals surface area contributed by atoms with Gasteiger partial charge in [-0.25, -0.2) is 9.37 Å². The predicted octanol–water partition coefficient (Wildman–Crippen LogP) is 4.53. The van der Waals surface area contributed by atoms with Crippen LogP contribution in [0, 0.1) is 12.7 Å². The Morgan fingerprint density at radius 2 is 2.15 bits per heavy atom. The molecule has 1 unspecified atom stereocenters. The lowest BCUT2D eigenvalue weighted by molar-refractivity contribution is -0.123. The number of benzene rings is 2. The van der Waals surface area contributed by atoms with Crippen molar-refractivity contribution in [3.8, 4) is 5.75 Å². The largest absolute Gasteiger partial charge is 0.483 e. The Morgan fingerprint density at radius 3 is 2.97 bits per heavy atom. The lowest BCUT2D eigenvalue weighted by Crippen LogP contribution is -2.44. The van der Waals surface area contributed by atoms with E-state index in [1.54, 1.807) is 28.7 Å². The van der Waals surface area contributed by atoms with Crippen molar-refractivity contribution in [2.75, 3.05) is 39.5 Å². The summed E-state index contributed by atoms with van der Waals surface area (Å²) in [7, 11) is 0. The van der Waals surface area contributed by atoms with Gasteiger partial charge in [-0.15, -0.1) is 22.7 Å². The molecular formula is C24H24FN3O3S2. The Bertz CT molecular complexity index is 1280. The smallest absolute Gasteiger partial charge is 0.258 e. The second-order valence-electron chi connectivity index (χ2n) is 7.93. The molecule has 6 nitrogen and oxygen atoms in total. The molecule has 1 N–H and O–H groups in total. The summed E-state index contributed by atoms with van der Waals surface area (Å²) in [6.07, 6.45) is 0. The summed E-state index contributed by atoms with van der Waals surface area (Å²) in [6.45, 7) is 4.98. The topological polar surface area (TPSA) is 63.7 Å². The van der Waals surface area contributed by atoms with Crippen LogP contribution in [0.3, 0.4) is 0 Å². The van der Waals surface area contributed by atoms with Crippen molar-refractivity contribution in [2.45, 2.75) is 13.0 Å². The number of ether oxygens (including phenoxy) is 2. The number of carbonyl (C=O) groups is 1. The molecule has 1 saturated heterocycles. The van der Waals surface area contributed by atoms with Crippen LogP contribution in [-0.2, 0) is 9.53 Å². The number of aryl methyl sites for hydroxylation is 1. The van der Waals surface area contributed by atoms with Crippen molar-refractivity contribution in [2.24, 2.45) is 0 Å². The number of hydrogen-bond donors (Lipinski definition) is 1. The minimum atomic E-state index is -0.283. The molecule has 5 rings (SSSR count). The molecule has 1 aliphatic heterocycles. The van der Waals surface area contributed by atoms with Crippen molar-refractivity contribution in [1.29, 1.82) is 0 Å². The molecule has 9 heteroatoms. The van der Waals surface area contributed by atoms with E-state index in [4.69, 9.17) is 9.47 Å². The summed E-state index contributed by atoms with van der Waals surface area (Å²) < 4.78 is 27.4. The predicted molar refractivity (Wildman–Crippen MR) is 130 cm³/mol. The van der Waals surface area contributed by atoms with Crippen molar-refractivity contribution in [3.05, 3.63) is 58.2 Å². The first-order chi connectivity index (χ1) is 16.1. The van der Waals surface area contributed by atoms with Gasteiger partial charge in [-0.3, -0.25) is 9.69 Å². The number of carbonyl (C=O) groups excluding carboxylic acids is 1. The molecule has 1 atom stereocenters. The van der Waals surface area contributed by atoms with Gasteiger partial charge in [-0.05, 0) is 36.1 Å². The molecule has 2 aromatic heterocycles. The van der Waals surface area contributed by atoms with Gasteiger partial charge in [0.1, 0.15) is 11.6 Å². The number of amides is 1. The molecule has 0 bridgehead atoms. The highest BCUT2D eigenvalue weighted by molar-refractivity contribution is 7.21. The van der Waals surface area contributed by atoms with Gasteiger partial charge in [0.25, 0.3) is 5.91 Å². The first-order valence-electron chi connectivity index (χ1n) is 10.8. The second-order valence-corrected chi connectivity index (χ2v) is 10.1. The average molecular weight is 486 g/mol. The van der Waals surface area contributed by atoms with E-state index >= 15 is 0 Å². The van der Waals surface area contributed by atoms with Crippen LogP contribution in [0.1, 0.15) is 16.6 Å². The van der Waals surface area contributed by atoms with Crippen LogP contribution in [0.25, 0.3) is 20.3 Å². The number of rotatable bonds is 7. The van der Waals surface area contributed by atoms with Crippen LogP contribution >= 0.6 is 22.7 Å². The highest BCUT2D eigenvalue weighted by Crippen LogP contribution is 2.38. The van der Waals surface area contributed by atoms with Crippen LogP contribution in [0.15, 0.2) is 41.8 Å². The quantitative estimate of drug-likeness (QED) is 0.417. The average Bonchev–Trinajstić information content (AvgIpc) is 3.44. The fourth-order valence-electron chi connectivity index (χ4n) is 4.17. The van der Waals surface area contributed by atoms with Crippen molar-refractivity contribution in [3.63, 3.8) is 0 Å². The number of thiophene rings is 1. The van der Waals surface area contributed by atoms with Gasteiger partial charge >= 0.3 is 0 Å². The zero-order valence-corrected chi connectivity index (χ0v) is 19.8. The zero-order valence-electron chi connectivity index (χ0n) is 18.2. The molecule has 3 heterocycles. The fourth-order valence-corrected chi connectivity index (χ4v) is 6.01. The van der Waals surface area contributed by atoms with Gasteiger partial charge in [-0.2, -0.15) is 0 Å². The van der Waals surface area contributed by atoms with Crippen LogP contribution in [0.2, 0.25) is 0 Å². The maximum absolute atomic E-state index is 13.9. The number of morpholine rings is 1. The summed E-state index contributed by atoms with van der Waals surface area (Å²) in [5.41, 5.74) is 1.83. The third-order valence-corrected chi connectivity index (χ3v) is 7.58. The zero-order chi connectivity index (χ0) is 22.8. The molecule has 0 spiro atoms. The van der Waals surface area contributed by atoms with Gasteiger partial charge in [-0.1, -0.05) is 12.1 Å². The second kappa shape index (κ2) is 9.72. The molecule has 4 aromatic rings. The summed E-state index contributed by atoms with van der Waals surface area (Å²) >= 11 is 3.24. The van der Waals surface area contributed by atoms with E-state index in [9.17, 15) is 9.18 Å². The highest BCUT2D eigenvalue weighted by Gasteiger charge is 2.24. The Hall–Kier alpha value is -2.59. The monoisotopic (exact) mass is 485 g/mol. The molecule has 1 fully saturated rings. The molecule has 0 radical (unpaired) electrons. The number of aromatic nitrogens is 1. The Balaban J connectivity index is 1.27. The third-order valence-electron chi connectivity index (χ3n) is 5.74. The number of nitrogens with one attached hydrogen (secondary N) is 1. The molecule has 0 aliphatic carbocycles. The number of halogens is 1. The Kier molecular flexibility index (Phi) is 6.55. The standard InChI is InChI=1S/C24H24FN3O3S2/c1-15-27-23-21(33-15)12-20(18-5-10-32-24(18)23)31-14-22(29)26-13-19(28-6-8-30-9-7-28)16-3-2-4-17(25)11-16/h2-5,10-12,19H,6-9,13-14H2,1H3,(H,26,29). The Labute approximate surface area is 198 Å². The van der Waals surface area contributed by atoms with Gasteiger partial charge < -0.3 is 14.8 Å². The first-order valence-corrected chi connectivity index (χ1v) is 12.5. The van der Waals surface area contributed by atoms with Gasteiger partial charge in [0.2, 0.25) is 0 Å². The first kappa shape index (κ1) is 22.2. The minimum Gasteiger partial charge on any atom is -0.483 e. The number of thiazole rings is 1. The van der Waals surface area contributed by atoms with Crippen LogP contribution in [0.4, 0.5) is 4.39 Å². The molecule has 172 valence electrons. The molecule has 2 aromatic carbocycles. The van der Waals surface area contributed by atoms with E-state index in [-0.39, 0.29) is 24.4 Å². The minimum absolute atomic E-state index is 0.0901. The van der Waals surface area contributed by atoms with E-state index in [1.807, 2.05) is 30.5 Å². The van der Waals surface area contributed by atoms with Crippen molar-refractivity contribution in [1.82, 2.24) is 15.2 Å². The molecule has 0 saturated carbocycles. The summed E-state index contributed by atoms with van der Waals surface area (Å²) in [5, 5.41) is 6.96. The summed E-state index contributed by atoms with van der Waals surface area (Å²) in [6, 6.07) is 10.4. The van der Waals surface area contributed by atoms with Crippen LogP contribution in [0.5, 0.6) is 5.75 Å². The summed E-state index contributed by atoms with van der Waals surface area (Å²) in [5.74, 6) is 0.190. The van der Waals surface area contributed by atoms with Crippen molar-refractivity contribution >= 4 is 48.9 Å². The van der Waals surface area contributed by atoms with Gasteiger partial charge in [0, 0.05) is 31.1 Å². The lowest BCUT2D eigenvalue weighted by Gasteiger charge is -2.35. The maximum atomic E-state index is 13.9. The molecular weight excluding hydrogens is 461 g/mol. The van der Waals surface area contributed by atoms with Crippen LogP contribution < -0.4 is 10.1 Å². The van der Waals surface area contributed by atoms with Gasteiger partial charge in [0.15, 0.2) is 6.61 Å². The number of fused-ring (bicyclic) bond motifs is 3. The fraction of sp³-hybridized carbons (Fsp3) is 0.333. The Morgan fingerprint density at radius 1 is 1.30 bits per heavy atom. The van der Waals surface area contributed by atoms with E-state index < -0.39 is 0 Å². The normalized spacial score (nSPS) is 15.7. The van der Waals surface area contributed by atoms with Crippen LogP contribution in [-0.4, -0.2) is 55.2 Å². The third kappa shape index (κ3) is 4.86. The maximum Gasteiger partial charge on any atom is 0.258 e. The van der Waals surface area contributed by atoms with E-state index in [1.165, 1.54) is 12.1 Å². The molecule has 1 aliphatic rings. The highest BCUT2D eigenvalue weighted by atomic mass is 32.1. The van der Waals surface area contributed by atoms with E-state index in [0.717, 1.165) is 44.0 Å².